The average molecular weight is 308 g/mol. The molecule has 0 spiro atoms. The van der Waals surface area contributed by atoms with Gasteiger partial charge in [0.1, 0.15) is 5.82 Å². The first-order chi connectivity index (χ1) is 8.56. The zero-order valence-corrected chi connectivity index (χ0v) is 12.0. The van der Waals surface area contributed by atoms with E-state index in [4.69, 9.17) is 0 Å². The van der Waals surface area contributed by atoms with Crippen molar-refractivity contribution < 1.29 is 4.39 Å². The fraction of sp³-hybridized carbons (Fsp3) is 0.200. The van der Waals surface area contributed by atoms with Crippen molar-refractivity contribution in [3.05, 3.63) is 63.9 Å². The van der Waals surface area contributed by atoms with Gasteiger partial charge in [0.15, 0.2) is 0 Å². The van der Waals surface area contributed by atoms with Gasteiger partial charge in [-0.2, -0.15) is 0 Å². The van der Waals surface area contributed by atoms with Gasteiger partial charge in [0.2, 0.25) is 0 Å². The molecular weight excluding hydrogens is 293 g/mol. The van der Waals surface area contributed by atoms with Crippen molar-refractivity contribution >= 4 is 21.6 Å². The molecule has 0 aliphatic carbocycles. The van der Waals surface area contributed by atoms with E-state index < -0.39 is 0 Å². The van der Waals surface area contributed by atoms with Crippen molar-refractivity contribution in [1.82, 2.24) is 0 Å². The first kappa shape index (κ1) is 13.1. The summed E-state index contributed by atoms with van der Waals surface area (Å²) in [5.41, 5.74) is 2.86. The Morgan fingerprint density at radius 2 is 1.78 bits per heavy atom. The van der Waals surface area contributed by atoms with Crippen LogP contribution in [0.3, 0.4) is 0 Å². The molecule has 2 aromatic rings. The molecule has 1 N–H and O–H groups in total. The van der Waals surface area contributed by atoms with Gasteiger partial charge in [0.05, 0.1) is 6.04 Å². The van der Waals surface area contributed by atoms with Crippen LogP contribution in [-0.4, -0.2) is 0 Å². The largest absolute Gasteiger partial charge is 0.378 e. The zero-order valence-electron chi connectivity index (χ0n) is 10.4. The molecule has 94 valence electrons. The van der Waals surface area contributed by atoms with Crippen molar-refractivity contribution in [3.63, 3.8) is 0 Å². The number of rotatable bonds is 3. The van der Waals surface area contributed by atoms with E-state index in [-0.39, 0.29) is 11.9 Å². The Bertz CT molecular complexity index is 537. The molecule has 1 nitrogen and oxygen atoms in total. The highest BCUT2D eigenvalue weighted by atomic mass is 79.9. The Hall–Kier alpha value is -1.35. The van der Waals surface area contributed by atoms with Gasteiger partial charge in [-0.15, -0.1) is 0 Å². The molecule has 0 aromatic heterocycles. The minimum atomic E-state index is -0.190. The maximum Gasteiger partial charge on any atom is 0.128 e. The lowest BCUT2D eigenvalue weighted by Gasteiger charge is -2.17. The predicted octanol–water partition coefficient (Wildman–Crippen LogP) is 5.07. The van der Waals surface area contributed by atoms with Gasteiger partial charge in [-0.1, -0.05) is 33.6 Å². The highest BCUT2D eigenvalue weighted by Gasteiger charge is 2.11. The number of hydrogen-bond donors (Lipinski definition) is 1. The monoisotopic (exact) mass is 307 g/mol. The number of hydrogen-bond acceptors (Lipinski definition) is 1. The van der Waals surface area contributed by atoms with Gasteiger partial charge in [-0.3, -0.25) is 0 Å². The normalized spacial score (nSPS) is 12.2. The van der Waals surface area contributed by atoms with Gasteiger partial charge in [-0.05, 0) is 44.2 Å². The summed E-state index contributed by atoms with van der Waals surface area (Å²) in [6.45, 7) is 3.99. The third-order valence-electron chi connectivity index (χ3n) is 2.86. The minimum absolute atomic E-state index is 0.0785. The summed E-state index contributed by atoms with van der Waals surface area (Å²) in [5, 5.41) is 3.29. The molecule has 0 radical (unpaired) electrons. The van der Waals surface area contributed by atoms with E-state index in [1.165, 1.54) is 11.6 Å². The lowest BCUT2D eigenvalue weighted by Crippen LogP contribution is -2.08. The average Bonchev–Trinajstić information content (AvgIpc) is 2.35. The van der Waals surface area contributed by atoms with E-state index >= 15 is 0 Å². The predicted molar refractivity (Wildman–Crippen MR) is 77.3 cm³/mol. The number of nitrogens with one attached hydrogen (secondary N) is 1. The molecule has 0 fully saturated rings. The van der Waals surface area contributed by atoms with Crippen molar-refractivity contribution in [3.8, 4) is 0 Å². The first-order valence-corrected chi connectivity index (χ1v) is 6.64. The quantitative estimate of drug-likeness (QED) is 0.834. The number of aryl methyl sites for hydroxylation is 1. The van der Waals surface area contributed by atoms with Gasteiger partial charge in [0, 0.05) is 15.7 Å². The summed E-state index contributed by atoms with van der Waals surface area (Å²) in [6, 6.07) is 13.0. The molecule has 0 bridgehead atoms. The Labute approximate surface area is 115 Å². The molecule has 0 aliphatic heterocycles. The van der Waals surface area contributed by atoms with E-state index in [9.17, 15) is 4.39 Å². The van der Waals surface area contributed by atoms with E-state index in [1.54, 1.807) is 12.1 Å². The molecule has 3 heteroatoms. The van der Waals surface area contributed by atoms with Crippen molar-refractivity contribution in [2.75, 3.05) is 5.32 Å². The molecular formula is C15H15BrFN. The van der Waals surface area contributed by atoms with Crippen LogP contribution in [0, 0.1) is 12.7 Å². The molecule has 18 heavy (non-hydrogen) atoms. The second-order valence-corrected chi connectivity index (χ2v) is 5.31. The molecule has 0 saturated heterocycles. The van der Waals surface area contributed by atoms with Gasteiger partial charge in [0.25, 0.3) is 0 Å². The Balaban J connectivity index is 2.18. The number of anilines is 1. The van der Waals surface area contributed by atoms with Crippen LogP contribution < -0.4 is 5.32 Å². The van der Waals surface area contributed by atoms with Gasteiger partial charge >= 0.3 is 0 Å². The van der Waals surface area contributed by atoms with Crippen LogP contribution in [0.25, 0.3) is 0 Å². The SMILES string of the molecule is Cc1ccc(NC(C)c2cc(Br)ccc2F)cc1. The lowest BCUT2D eigenvalue weighted by atomic mass is 10.1. The van der Waals surface area contributed by atoms with Crippen molar-refractivity contribution in [2.45, 2.75) is 19.9 Å². The number of benzene rings is 2. The van der Waals surface area contributed by atoms with Crippen molar-refractivity contribution in [1.29, 1.82) is 0 Å². The summed E-state index contributed by atoms with van der Waals surface area (Å²) in [4.78, 5) is 0. The van der Waals surface area contributed by atoms with Crippen molar-refractivity contribution in [2.24, 2.45) is 0 Å². The molecule has 1 unspecified atom stereocenters. The third-order valence-corrected chi connectivity index (χ3v) is 3.35. The summed E-state index contributed by atoms with van der Waals surface area (Å²) >= 11 is 3.37. The Kier molecular flexibility index (Phi) is 4.02. The van der Waals surface area contributed by atoms with E-state index in [0.717, 1.165) is 10.2 Å². The maximum atomic E-state index is 13.7. The molecule has 0 amide bonds. The van der Waals surface area contributed by atoms with Gasteiger partial charge < -0.3 is 5.32 Å². The Morgan fingerprint density at radius 3 is 2.44 bits per heavy atom. The summed E-state index contributed by atoms with van der Waals surface area (Å²) < 4.78 is 14.6. The second kappa shape index (κ2) is 5.53. The summed E-state index contributed by atoms with van der Waals surface area (Å²) in [6.07, 6.45) is 0. The van der Waals surface area contributed by atoms with Crippen LogP contribution in [-0.2, 0) is 0 Å². The molecule has 0 saturated carbocycles. The standard InChI is InChI=1S/C15H15BrFN/c1-10-3-6-13(7-4-10)18-11(2)14-9-12(16)5-8-15(14)17/h3-9,11,18H,1-2H3. The van der Waals surface area contributed by atoms with Crippen LogP contribution in [0.2, 0.25) is 0 Å². The smallest absolute Gasteiger partial charge is 0.128 e. The van der Waals surface area contributed by atoms with Crippen LogP contribution in [0.5, 0.6) is 0 Å². The maximum absolute atomic E-state index is 13.7. The minimum Gasteiger partial charge on any atom is -0.378 e. The third kappa shape index (κ3) is 3.10. The second-order valence-electron chi connectivity index (χ2n) is 4.40. The fourth-order valence-electron chi connectivity index (χ4n) is 1.82. The Morgan fingerprint density at radius 1 is 1.11 bits per heavy atom. The van der Waals surface area contributed by atoms with E-state index in [0.29, 0.717) is 5.56 Å². The summed E-state index contributed by atoms with van der Waals surface area (Å²) in [5.74, 6) is -0.190. The molecule has 0 heterocycles. The van der Waals surface area contributed by atoms with Crippen LogP contribution in [0.4, 0.5) is 10.1 Å². The zero-order chi connectivity index (χ0) is 13.1. The van der Waals surface area contributed by atoms with Gasteiger partial charge in [-0.25, -0.2) is 4.39 Å². The highest BCUT2D eigenvalue weighted by molar-refractivity contribution is 9.10. The molecule has 2 aromatic carbocycles. The topological polar surface area (TPSA) is 12.0 Å². The van der Waals surface area contributed by atoms with Crippen LogP contribution in [0.15, 0.2) is 46.9 Å². The van der Waals surface area contributed by atoms with E-state index in [1.807, 2.05) is 38.1 Å². The van der Waals surface area contributed by atoms with Crippen LogP contribution in [0.1, 0.15) is 24.1 Å². The first-order valence-electron chi connectivity index (χ1n) is 5.84. The van der Waals surface area contributed by atoms with Crippen LogP contribution >= 0.6 is 15.9 Å². The number of halogens is 2. The van der Waals surface area contributed by atoms with E-state index in [2.05, 4.69) is 21.2 Å². The summed E-state index contributed by atoms with van der Waals surface area (Å²) in [7, 11) is 0. The fourth-order valence-corrected chi connectivity index (χ4v) is 2.20. The molecule has 0 aliphatic rings. The lowest BCUT2D eigenvalue weighted by molar-refractivity contribution is 0.600. The highest BCUT2D eigenvalue weighted by Crippen LogP contribution is 2.24. The molecule has 1 atom stereocenters. The molecule has 2 rings (SSSR count).